The fraction of sp³-hybridized carbons (Fsp3) is 0.444. The lowest BCUT2D eigenvalue weighted by Gasteiger charge is -2.26. The van der Waals surface area contributed by atoms with Crippen molar-refractivity contribution in [2.45, 2.75) is 45.3 Å². The molecule has 124 valence electrons. The van der Waals surface area contributed by atoms with E-state index in [0.29, 0.717) is 23.9 Å². The molecular formula is C18H21N5O. The van der Waals surface area contributed by atoms with Crippen LogP contribution in [0.5, 0.6) is 5.88 Å². The van der Waals surface area contributed by atoms with E-state index in [9.17, 15) is 0 Å². The van der Waals surface area contributed by atoms with Gasteiger partial charge in [0.25, 0.3) is 0 Å². The zero-order valence-corrected chi connectivity index (χ0v) is 13.8. The summed E-state index contributed by atoms with van der Waals surface area (Å²) in [6.07, 6.45) is 9.71. The first-order valence-corrected chi connectivity index (χ1v) is 8.31. The van der Waals surface area contributed by atoms with Gasteiger partial charge in [-0.05, 0) is 43.2 Å². The van der Waals surface area contributed by atoms with E-state index >= 15 is 0 Å². The van der Waals surface area contributed by atoms with Crippen molar-refractivity contribution in [2.24, 2.45) is 5.92 Å². The molecule has 6 heteroatoms. The second-order valence-electron chi connectivity index (χ2n) is 6.22. The first-order chi connectivity index (χ1) is 11.7. The minimum absolute atomic E-state index is 0.266. The second kappa shape index (κ2) is 7.73. The zero-order chi connectivity index (χ0) is 16.8. The Bertz CT molecular complexity index is 719. The monoisotopic (exact) mass is 323 g/mol. The van der Waals surface area contributed by atoms with Crippen molar-refractivity contribution in [3.05, 3.63) is 42.0 Å². The molecule has 1 saturated carbocycles. The number of hydrogen-bond acceptors (Lipinski definition) is 6. The fourth-order valence-electron chi connectivity index (χ4n) is 2.88. The Morgan fingerprint density at radius 3 is 2.75 bits per heavy atom. The lowest BCUT2D eigenvalue weighted by molar-refractivity contribution is 0.130. The van der Waals surface area contributed by atoms with Crippen LogP contribution in [0.15, 0.2) is 30.7 Å². The van der Waals surface area contributed by atoms with Crippen molar-refractivity contribution >= 4 is 5.82 Å². The van der Waals surface area contributed by atoms with Gasteiger partial charge in [0.2, 0.25) is 5.88 Å². The number of ether oxygens (including phenoxy) is 1. The van der Waals surface area contributed by atoms with Crippen LogP contribution in [-0.2, 0) is 6.54 Å². The summed E-state index contributed by atoms with van der Waals surface area (Å²) in [6.45, 7) is 2.83. The average Bonchev–Trinajstić information content (AvgIpc) is 2.62. The molecule has 0 radical (unpaired) electrons. The Kier molecular flexibility index (Phi) is 5.22. The number of rotatable bonds is 5. The number of aromatic nitrogens is 3. The predicted molar refractivity (Wildman–Crippen MR) is 90.4 cm³/mol. The molecule has 0 atom stereocenters. The standard InChI is InChI=1S/C18H21N5O/c1-13-2-4-15(5-3-13)24-17-10-14(6-7-21-17)12-23-18-16(11-19)20-8-9-22-18/h6-10,13,15H,2-5,12H2,1H3,(H,22,23). The molecule has 2 heterocycles. The van der Waals surface area contributed by atoms with Gasteiger partial charge in [-0.3, -0.25) is 0 Å². The number of anilines is 1. The van der Waals surface area contributed by atoms with Gasteiger partial charge in [0.1, 0.15) is 12.2 Å². The van der Waals surface area contributed by atoms with Gasteiger partial charge in [-0.1, -0.05) is 6.92 Å². The van der Waals surface area contributed by atoms with Crippen LogP contribution in [0, 0.1) is 17.2 Å². The number of pyridine rings is 1. The van der Waals surface area contributed by atoms with Crippen LogP contribution in [0.1, 0.15) is 43.9 Å². The number of nitrogens with one attached hydrogen (secondary N) is 1. The van der Waals surface area contributed by atoms with Crippen LogP contribution in [-0.4, -0.2) is 21.1 Å². The van der Waals surface area contributed by atoms with Crippen molar-refractivity contribution in [1.82, 2.24) is 15.0 Å². The maximum Gasteiger partial charge on any atom is 0.213 e. The van der Waals surface area contributed by atoms with E-state index in [0.717, 1.165) is 24.3 Å². The summed E-state index contributed by atoms with van der Waals surface area (Å²) < 4.78 is 6.02. The van der Waals surface area contributed by atoms with Gasteiger partial charge < -0.3 is 10.1 Å². The van der Waals surface area contributed by atoms with Crippen LogP contribution in [0.4, 0.5) is 5.82 Å². The summed E-state index contributed by atoms with van der Waals surface area (Å²) in [7, 11) is 0. The summed E-state index contributed by atoms with van der Waals surface area (Å²) in [5.74, 6) is 1.95. The van der Waals surface area contributed by atoms with Crippen LogP contribution >= 0.6 is 0 Å². The minimum atomic E-state index is 0.266. The maximum absolute atomic E-state index is 9.04. The van der Waals surface area contributed by atoms with E-state index in [4.69, 9.17) is 10.00 Å². The van der Waals surface area contributed by atoms with E-state index in [-0.39, 0.29) is 6.10 Å². The number of nitrogens with zero attached hydrogens (tertiary/aromatic N) is 4. The van der Waals surface area contributed by atoms with Crippen molar-refractivity contribution < 1.29 is 4.74 Å². The molecule has 0 saturated heterocycles. The fourth-order valence-corrected chi connectivity index (χ4v) is 2.88. The third-order valence-corrected chi connectivity index (χ3v) is 4.31. The molecule has 1 aliphatic carbocycles. The van der Waals surface area contributed by atoms with Gasteiger partial charge >= 0.3 is 0 Å². The maximum atomic E-state index is 9.04. The van der Waals surface area contributed by atoms with Crippen LogP contribution < -0.4 is 10.1 Å². The van der Waals surface area contributed by atoms with Crippen LogP contribution in [0.2, 0.25) is 0 Å². The summed E-state index contributed by atoms with van der Waals surface area (Å²) in [6, 6.07) is 5.89. The molecule has 0 aromatic carbocycles. The first-order valence-electron chi connectivity index (χ1n) is 8.31. The molecule has 6 nitrogen and oxygen atoms in total. The molecule has 2 aromatic rings. The molecule has 1 N–H and O–H groups in total. The number of nitriles is 1. The Balaban J connectivity index is 1.60. The van der Waals surface area contributed by atoms with Crippen molar-refractivity contribution in [2.75, 3.05) is 5.32 Å². The largest absolute Gasteiger partial charge is 0.474 e. The topological polar surface area (TPSA) is 83.7 Å². The highest BCUT2D eigenvalue weighted by Crippen LogP contribution is 2.26. The summed E-state index contributed by atoms with van der Waals surface area (Å²) >= 11 is 0. The predicted octanol–water partition coefficient (Wildman–Crippen LogP) is 3.31. The minimum Gasteiger partial charge on any atom is -0.474 e. The molecule has 2 aromatic heterocycles. The molecule has 3 rings (SSSR count). The van der Waals surface area contributed by atoms with E-state index in [2.05, 4.69) is 27.2 Å². The van der Waals surface area contributed by atoms with Gasteiger partial charge in [-0.25, -0.2) is 15.0 Å². The highest BCUT2D eigenvalue weighted by Gasteiger charge is 2.19. The summed E-state index contributed by atoms with van der Waals surface area (Å²) in [5.41, 5.74) is 1.32. The molecule has 24 heavy (non-hydrogen) atoms. The molecule has 0 unspecified atom stereocenters. The van der Waals surface area contributed by atoms with Crippen LogP contribution in [0.3, 0.4) is 0 Å². The molecule has 1 aliphatic rings. The van der Waals surface area contributed by atoms with Gasteiger partial charge in [-0.15, -0.1) is 0 Å². The van der Waals surface area contributed by atoms with E-state index < -0.39 is 0 Å². The highest BCUT2D eigenvalue weighted by molar-refractivity contribution is 5.47. The lowest BCUT2D eigenvalue weighted by atomic mass is 9.89. The SMILES string of the molecule is CC1CCC(Oc2cc(CNc3nccnc3C#N)ccn2)CC1. The molecule has 0 bridgehead atoms. The Labute approximate surface area is 141 Å². The normalized spacial score (nSPS) is 20.2. The van der Waals surface area contributed by atoms with Gasteiger partial charge in [-0.2, -0.15) is 5.26 Å². The third-order valence-electron chi connectivity index (χ3n) is 4.31. The molecule has 0 spiro atoms. The van der Waals surface area contributed by atoms with Gasteiger partial charge in [0, 0.05) is 31.2 Å². The molecule has 1 fully saturated rings. The Hall–Kier alpha value is -2.68. The zero-order valence-electron chi connectivity index (χ0n) is 13.8. The highest BCUT2D eigenvalue weighted by atomic mass is 16.5. The molecular weight excluding hydrogens is 302 g/mol. The molecule has 0 aliphatic heterocycles. The quantitative estimate of drug-likeness (QED) is 0.909. The summed E-state index contributed by atoms with van der Waals surface area (Å²) in [4.78, 5) is 12.4. The first kappa shape index (κ1) is 16.2. The second-order valence-corrected chi connectivity index (χ2v) is 6.22. The lowest BCUT2D eigenvalue weighted by Crippen LogP contribution is -2.23. The Morgan fingerprint density at radius 1 is 1.17 bits per heavy atom. The third kappa shape index (κ3) is 4.19. The average molecular weight is 323 g/mol. The summed E-state index contributed by atoms with van der Waals surface area (Å²) in [5, 5.41) is 12.2. The molecule has 0 amide bonds. The Morgan fingerprint density at radius 2 is 1.96 bits per heavy atom. The number of hydrogen-bond donors (Lipinski definition) is 1. The van der Waals surface area contributed by atoms with Crippen molar-refractivity contribution in [3.8, 4) is 11.9 Å². The van der Waals surface area contributed by atoms with Crippen molar-refractivity contribution in [3.63, 3.8) is 0 Å². The van der Waals surface area contributed by atoms with Gasteiger partial charge in [0.15, 0.2) is 11.5 Å². The smallest absolute Gasteiger partial charge is 0.213 e. The van der Waals surface area contributed by atoms with Crippen molar-refractivity contribution in [1.29, 1.82) is 5.26 Å². The van der Waals surface area contributed by atoms with E-state index in [1.807, 2.05) is 18.2 Å². The van der Waals surface area contributed by atoms with E-state index in [1.54, 1.807) is 12.4 Å². The van der Waals surface area contributed by atoms with Crippen LogP contribution in [0.25, 0.3) is 0 Å². The van der Waals surface area contributed by atoms with Gasteiger partial charge in [0.05, 0.1) is 0 Å². The van der Waals surface area contributed by atoms with E-state index in [1.165, 1.54) is 19.0 Å².